The lowest BCUT2D eigenvalue weighted by Gasteiger charge is -2.21. The number of hydrogen-bond donors (Lipinski definition) is 1. The maximum Gasteiger partial charge on any atom is 0.252 e. The number of hydrogen-bond acceptors (Lipinski definition) is 5. The number of anilines is 2. The van der Waals surface area contributed by atoms with E-state index in [9.17, 15) is 9.59 Å². The van der Waals surface area contributed by atoms with Gasteiger partial charge in [0, 0.05) is 17.3 Å². The summed E-state index contributed by atoms with van der Waals surface area (Å²) < 4.78 is 5.72. The highest BCUT2D eigenvalue weighted by Crippen LogP contribution is 2.33. The van der Waals surface area contributed by atoms with Gasteiger partial charge in [0.2, 0.25) is 5.91 Å². The summed E-state index contributed by atoms with van der Waals surface area (Å²) in [7, 11) is 0. The van der Waals surface area contributed by atoms with Crippen LogP contribution in [0.25, 0.3) is 0 Å². The number of nitrogens with two attached hydrogens (primary N) is 1. The van der Waals surface area contributed by atoms with Crippen LogP contribution in [0.2, 0.25) is 5.02 Å². The van der Waals surface area contributed by atoms with Crippen molar-refractivity contribution in [2.75, 3.05) is 4.90 Å². The summed E-state index contributed by atoms with van der Waals surface area (Å²) in [6.45, 7) is 5.59. The van der Waals surface area contributed by atoms with Gasteiger partial charge in [0.1, 0.15) is 12.4 Å². The second-order valence-corrected chi connectivity index (χ2v) is 7.76. The van der Waals surface area contributed by atoms with Crippen LogP contribution in [-0.4, -0.2) is 16.8 Å². The third kappa shape index (κ3) is 4.58. The second kappa shape index (κ2) is 8.63. The highest BCUT2D eigenvalue weighted by molar-refractivity contribution is 7.14. The molecule has 3 rings (SSSR count). The first kappa shape index (κ1) is 20.8. The highest BCUT2D eigenvalue weighted by Gasteiger charge is 2.20. The molecule has 3 aromatic rings. The molecule has 0 spiro atoms. The van der Waals surface area contributed by atoms with Gasteiger partial charge in [-0.1, -0.05) is 23.7 Å². The SMILES string of the molecule is CC(=O)N(c1nc(COc2cc(Cl)ccc2C(N)=O)cs1)c1cccc(C)c1C. The molecular weight excluding hydrogens is 410 g/mol. The number of rotatable bonds is 6. The average molecular weight is 430 g/mol. The fraction of sp³-hybridized carbons (Fsp3) is 0.190. The number of carbonyl (C=O) groups is 2. The van der Waals surface area contributed by atoms with Crippen LogP contribution in [0.1, 0.15) is 34.1 Å². The quantitative estimate of drug-likeness (QED) is 0.611. The van der Waals surface area contributed by atoms with Crippen molar-refractivity contribution >= 4 is 45.6 Å². The van der Waals surface area contributed by atoms with E-state index in [1.54, 1.807) is 11.0 Å². The van der Waals surface area contributed by atoms with E-state index in [-0.39, 0.29) is 23.8 Å². The fourth-order valence-corrected chi connectivity index (χ4v) is 3.85. The van der Waals surface area contributed by atoms with Gasteiger partial charge in [0.05, 0.1) is 16.9 Å². The number of halogens is 1. The number of thiazole rings is 1. The predicted molar refractivity (Wildman–Crippen MR) is 115 cm³/mol. The minimum Gasteiger partial charge on any atom is -0.486 e. The molecule has 0 unspecified atom stereocenters. The summed E-state index contributed by atoms with van der Waals surface area (Å²) in [6, 6.07) is 10.4. The van der Waals surface area contributed by atoms with Gasteiger partial charge >= 0.3 is 0 Å². The molecule has 0 saturated carbocycles. The van der Waals surface area contributed by atoms with E-state index in [0.29, 0.717) is 15.8 Å². The molecule has 0 bridgehead atoms. The van der Waals surface area contributed by atoms with E-state index in [1.165, 1.54) is 30.4 Å². The maximum absolute atomic E-state index is 12.3. The van der Waals surface area contributed by atoms with Gasteiger partial charge in [-0.15, -0.1) is 11.3 Å². The van der Waals surface area contributed by atoms with Crippen molar-refractivity contribution in [2.45, 2.75) is 27.4 Å². The molecule has 2 aromatic carbocycles. The number of carbonyl (C=O) groups excluding carboxylic acids is 2. The van der Waals surface area contributed by atoms with Crippen LogP contribution in [0.15, 0.2) is 41.8 Å². The number of benzene rings is 2. The van der Waals surface area contributed by atoms with Crippen molar-refractivity contribution in [3.8, 4) is 5.75 Å². The van der Waals surface area contributed by atoms with E-state index in [2.05, 4.69) is 4.98 Å². The molecule has 6 nitrogen and oxygen atoms in total. The van der Waals surface area contributed by atoms with Gasteiger partial charge in [-0.2, -0.15) is 0 Å². The molecule has 2 amide bonds. The van der Waals surface area contributed by atoms with Crippen LogP contribution >= 0.6 is 22.9 Å². The van der Waals surface area contributed by atoms with Crippen LogP contribution in [0.4, 0.5) is 10.8 Å². The minimum atomic E-state index is -0.603. The van der Waals surface area contributed by atoms with Crippen molar-refractivity contribution in [3.05, 3.63) is 69.2 Å². The van der Waals surface area contributed by atoms with Gasteiger partial charge in [-0.05, 0) is 49.2 Å². The average Bonchev–Trinajstić information content (AvgIpc) is 3.11. The van der Waals surface area contributed by atoms with Gasteiger partial charge in [0.25, 0.3) is 5.91 Å². The Bertz CT molecular complexity index is 1080. The van der Waals surface area contributed by atoms with Crippen LogP contribution < -0.4 is 15.4 Å². The summed E-state index contributed by atoms with van der Waals surface area (Å²) >= 11 is 7.33. The van der Waals surface area contributed by atoms with E-state index < -0.39 is 5.91 Å². The standard InChI is InChI=1S/C21H20ClN3O3S/c1-12-5-4-6-18(13(12)2)25(14(3)26)21-24-16(11-29-21)10-28-19-9-15(22)7-8-17(19)20(23)27/h4-9,11H,10H2,1-3H3,(H2,23,27). The largest absolute Gasteiger partial charge is 0.486 e. The third-order valence-electron chi connectivity index (χ3n) is 4.45. The Morgan fingerprint density at radius 1 is 1.24 bits per heavy atom. The summed E-state index contributed by atoms with van der Waals surface area (Å²) in [6.07, 6.45) is 0. The molecule has 0 saturated heterocycles. The molecule has 1 heterocycles. The molecule has 0 aliphatic carbocycles. The maximum atomic E-state index is 12.3. The van der Waals surface area contributed by atoms with Crippen molar-refractivity contribution in [1.29, 1.82) is 0 Å². The van der Waals surface area contributed by atoms with Crippen LogP contribution in [-0.2, 0) is 11.4 Å². The van der Waals surface area contributed by atoms with Crippen molar-refractivity contribution < 1.29 is 14.3 Å². The molecule has 2 N–H and O–H groups in total. The molecule has 8 heteroatoms. The van der Waals surface area contributed by atoms with Gasteiger partial charge in [-0.3, -0.25) is 14.5 Å². The summed E-state index contributed by atoms with van der Waals surface area (Å²) in [5.41, 5.74) is 9.15. The first-order valence-corrected chi connectivity index (χ1v) is 10.1. The number of nitrogens with zero attached hydrogens (tertiary/aromatic N) is 2. The zero-order valence-electron chi connectivity index (χ0n) is 16.2. The Morgan fingerprint density at radius 2 is 2.00 bits per heavy atom. The van der Waals surface area contributed by atoms with E-state index in [1.807, 2.05) is 37.4 Å². The molecule has 0 atom stereocenters. The number of aromatic nitrogens is 1. The Morgan fingerprint density at radius 3 is 2.69 bits per heavy atom. The van der Waals surface area contributed by atoms with Crippen LogP contribution in [0.3, 0.4) is 0 Å². The first-order valence-electron chi connectivity index (χ1n) is 8.81. The molecule has 29 heavy (non-hydrogen) atoms. The smallest absolute Gasteiger partial charge is 0.252 e. The topological polar surface area (TPSA) is 85.5 Å². The summed E-state index contributed by atoms with van der Waals surface area (Å²) in [4.78, 5) is 30.0. The molecule has 150 valence electrons. The molecule has 0 aliphatic heterocycles. The van der Waals surface area contributed by atoms with E-state index in [4.69, 9.17) is 22.1 Å². The molecule has 0 radical (unpaired) electrons. The first-order chi connectivity index (χ1) is 13.8. The van der Waals surface area contributed by atoms with E-state index >= 15 is 0 Å². The Labute approximate surface area is 177 Å². The van der Waals surface area contributed by atoms with Crippen molar-refractivity contribution in [2.24, 2.45) is 5.73 Å². The van der Waals surface area contributed by atoms with Crippen molar-refractivity contribution in [1.82, 2.24) is 4.98 Å². The Balaban J connectivity index is 1.85. The van der Waals surface area contributed by atoms with E-state index in [0.717, 1.165) is 16.8 Å². The number of amides is 2. The molecular formula is C21H20ClN3O3S. The van der Waals surface area contributed by atoms with Gasteiger partial charge in [0.15, 0.2) is 5.13 Å². The zero-order chi connectivity index (χ0) is 21.1. The van der Waals surface area contributed by atoms with Gasteiger partial charge < -0.3 is 10.5 Å². The zero-order valence-corrected chi connectivity index (χ0v) is 17.8. The predicted octanol–water partition coefficient (Wildman–Crippen LogP) is 4.78. The van der Waals surface area contributed by atoms with Crippen LogP contribution in [0.5, 0.6) is 5.75 Å². The highest BCUT2D eigenvalue weighted by atomic mass is 35.5. The Hall–Kier alpha value is -2.90. The third-order valence-corrected chi connectivity index (χ3v) is 5.56. The van der Waals surface area contributed by atoms with Crippen LogP contribution in [0, 0.1) is 13.8 Å². The lowest BCUT2D eigenvalue weighted by atomic mass is 10.1. The Kier molecular flexibility index (Phi) is 6.20. The van der Waals surface area contributed by atoms with Gasteiger partial charge in [-0.25, -0.2) is 4.98 Å². The van der Waals surface area contributed by atoms with Crippen molar-refractivity contribution in [3.63, 3.8) is 0 Å². The summed E-state index contributed by atoms with van der Waals surface area (Å²) in [5.74, 6) is -0.447. The normalized spacial score (nSPS) is 10.6. The number of ether oxygens (including phenoxy) is 1. The summed E-state index contributed by atoms with van der Waals surface area (Å²) in [5, 5.41) is 2.79. The molecule has 0 aliphatic rings. The minimum absolute atomic E-state index is 0.107. The monoisotopic (exact) mass is 429 g/mol. The number of primary amides is 1. The lowest BCUT2D eigenvalue weighted by molar-refractivity contribution is -0.115. The molecule has 1 aromatic heterocycles. The second-order valence-electron chi connectivity index (χ2n) is 6.49. The lowest BCUT2D eigenvalue weighted by Crippen LogP contribution is -2.23. The fourth-order valence-electron chi connectivity index (χ4n) is 2.82. The molecule has 0 fully saturated rings. The number of aryl methyl sites for hydroxylation is 1.